The van der Waals surface area contributed by atoms with Gasteiger partial charge in [0.1, 0.15) is 11.6 Å². The second-order valence-electron chi connectivity index (χ2n) is 6.36. The number of carbonyl (C=O) groups is 1. The van der Waals surface area contributed by atoms with Gasteiger partial charge < -0.3 is 4.74 Å². The molecule has 0 saturated carbocycles. The van der Waals surface area contributed by atoms with E-state index in [0.29, 0.717) is 40.3 Å². The summed E-state index contributed by atoms with van der Waals surface area (Å²) in [6.45, 7) is 3.19. The molecule has 1 aromatic carbocycles. The highest BCUT2D eigenvalue weighted by Crippen LogP contribution is 2.37. The quantitative estimate of drug-likeness (QED) is 0.334. The monoisotopic (exact) mass is 446 g/mol. The Morgan fingerprint density at radius 2 is 1.80 bits per heavy atom. The van der Waals surface area contributed by atoms with Crippen LogP contribution in [0.25, 0.3) is 5.78 Å². The number of fused-ring (bicyclic) bond motifs is 1. The maximum atomic E-state index is 13.4. The van der Waals surface area contributed by atoms with Gasteiger partial charge in [-0.1, -0.05) is 11.8 Å². The lowest BCUT2D eigenvalue weighted by Gasteiger charge is -2.21. The van der Waals surface area contributed by atoms with Crippen molar-refractivity contribution >= 4 is 23.5 Å². The van der Waals surface area contributed by atoms with Crippen LogP contribution in [-0.4, -0.2) is 38.0 Å². The van der Waals surface area contributed by atoms with Gasteiger partial charge in [0.05, 0.1) is 6.42 Å². The van der Waals surface area contributed by atoms with Crippen LogP contribution in [0.1, 0.15) is 28.6 Å². The molecular weight excluding hydrogens is 431 g/mol. The molecule has 2 aromatic heterocycles. The Bertz CT molecular complexity index is 1100. The Morgan fingerprint density at radius 1 is 1.17 bits per heavy atom. The number of hydrogen-bond acceptors (Lipinski definition) is 6. The van der Waals surface area contributed by atoms with Crippen molar-refractivity contribution in [2.45, 2.75) is 37.7 Å². The maximum absolute atomic E-state index is 13.4. The second kappa shape index (κ2) is 8.17. The number of nitrogens with zero attached hydrogens (tertiary/aromatic N) is 4. The van der Waals surface area contributed by atoms with Crippen LogP contribution in [0.15, 0.2) is 23.4 Å². The molecule has 0 aliphatic heterocycles. The van der Waals surface area contributed by atoms with Crippen molar-refractivity contribution in [3.63, 3.8) is 0 Å². The third-order valence-corrected chi connectivity index (χ3v) is 4.81. The molecule has 160 valence electrons. The summed E-state index contributed by atoms with van der Waals surface area (Å²) in [7, 11) is 0. The maximum Gasteiger partial charge on any atom is 0.429 e. The zero-order valence-corrected chi connectivity index (χ0v) is 16.7. The van der Waals surface area contributed by atoms with Gasteiger partial charge in [-0.3, -0.25) is 4.79 Å². The van der Waals surface area contributed by atoms with E-state index in [1.165, 1.54) is 16.3 Å². The number of esters is 1. The molecule has 30 heavy (non-hydrogen) atoms. The first kappa shape index (κ1) is 21.9. The van der Waals surface area contributed by atoms with E-state index >= 15 is 0 Å². The highest BCUT2D eigenvalue weighted by Gasteiger charge is 2.44. The zero-order chi connectivity index (χ0) is 22.2. The number of thioether (sulfide) groups is 1. The van der Waals surface area contributed by atoms with Crippen LogP contribution in [0, 0.1) is 25.5 Å². The molecule has 0 saturated heterocycles. The Hall–Kier alpha value is -2.76. The van der Waals surface area contributed by atoms with Crippen molar-refractivity contribution in [1.29, 1.82) is 0 Å². The first-order valence-corrected chi connectivity index (χ1v) is 9.71. The molecule has 0 radical (unpaired) electrons. The lowest BCUT2D eigenvalue weighted by atomic mass is 10.1. The molecule has 0 aliphatic rings. The number of benzene rings is 1. The fourth-order valence-corrected chi connectivity index (χ4v) is 3.24. The summed E-state index contributed by atoms with van der Waals surface area (Å²) in [6.07, 6.45) is -6.66. The third-order valence-electron chi connectivity index (χ3n) is 4.27. The molecule has 3 rings (SSSR count). The molecule has 1 atom stereocenters. The van der Waals surface area contributed by atoms with Crippen molar-refractivity contribution in [2.24, 2.45) is 0 Å². The Balaban J connectivity index is 1.90. The number of ether oxygens (including phenoxy) is 1. The van der Waals surface area contributed by atoms with Gasteiger partial charge in [-0.2, -0.15) is 18.2 Å². The van der Waals surface area contributed by atoms with Crippen molar-refractivity contribution in [3.05, 3.63) is 52.3 Å². The van der Waals surface area contributed by atoms with Crippen LogP contribution >= 0.6 is 11.8 Å². The predicted octanol–water partition coefficient (Wildman–Crippen LogP) is 4.13. The number of aryl methyl sites for hydroxylation is 2. The van der Waals surface area contributed by atoms with Gasteiger partial charge >= 0.3 is 12.1 Å². The first-order chi connectivity index (χ1) is 14.0. The van der Waals surface area contributed by atoms with Crippen molar-refractivity contribution in [1.82, 2.24) is 19.6 Å². The van der Waals surface area contributed by atoms with E-state index in [1.807, 2.05) is 0 Å². The fraction of sp³-hybridized carbons (Fsp3) is 0.333. The largest absolute Gasteiger partial charge is 0.447 e. The minimum atomic E-state index is -5.07. The van der Waals surface area contributed by atoms with Gasteiger partial charge in [-0.15, -0.1) is 5.10 Å². The number of hydrogen-bond donors (Lipinski definition) is 0. The number of carbonyl (C=O) groups excluding carboxylic acids is 1. The standard InChI is InChI=1S/C18H15F5N4O2S/c1-8-13(9(2)27-16(24-8)25-17(26-27)30-3)7-14(28)29-15(18(21,22)23)10-4-11(19)6-12(20)5-10/h4-6,15H,7H2,1-3H3/t15-/m1/s1. The number of halogens is 5. The van der Waals surface area contributed by atoms with Crippen LogP contribution < -0.4 is 0 Å². The third kappa shape index (κ3) is 4.53. The van der Waals surface area contributed by atoms with Crippen molar-refractivity contribution in [3.8, 4) is 0 Å². The molecular formula is C18H15F5N4O2S. The van der Waals surface area contributed by atoms with E-state index in [2.05, 4.69) is 19.8 Å². The lowest BCUT2D eigenvalue weighted by Crippen LogP contribution is -2.27. The van der Waals surface area contributed by atoms with Crippen LogP contribution in [0.3, 0.4) is 0 Å². The molecule has 0 spiro atoms. The van der Waals surface area contributed by atoms with E-state index < -0.39 is 41.9 Å². The smallest absolute Gasteiger partial charge is 0.429 e. The van der Waals surface area contributed by atoms with E-state index in [9.17, 15) is 26.7 Å². The van der Waals surface area contributed by atoms with Crippen LogP contribution in [0.4, 0.5) is 22.0 Å². The van der Waals surface area contributed by atoms with Gasteiger partial charge in [0.15, 0.2) is 0 Å². The van der Waals surface area contributed by atoms with Gasteiger partial charge in [0.25, 0.3) is 5.78 Å². The Labute approximate surface area is 171 Å². The zero-order valence-electron chi connectivity index (χ0n) is 15.9. The van der Waals surface area contributed by atoms with Gasteiger partial charge in [0.2, 0.25) is 11.3 Å². The van der Waals surface area contributed by atoms with E-state index in [1.54, 1.807) is 20.1 Å². The molecule has 2 heterocycles. The van der Waals surface area contributed by atoms with Crippen LogP contribution in [-0.2, 0) is 16.0 Å². The van der Waals surface area contributed by atoms with Gasteiger partial charge in [-0.25, -0.2) is 18.3 Å². The molecule has 0 fully saturated rings. The average molecular weight is 446 g/mol. The summed E-state index contributed by atoms with van der Waals surface area (Å²) < 4.78 is 73.0. The van der Waals surface area contributed by atoms with Gasteiger partial charge in [0, 0.05) is 28.6 Å². The van der Waals surface area contributed by atoms with Crippen molar-refractivity contribution in [2.75, 3.05) is 6.26 Å². The first-order valence-electron chi connectivity index (χ1n) is 8.48. The van der Waals surface area contributed by atoms with Crippen LogP contribution in [0.2, 0.25) is 0 Å². The number of rotatable bonds is 5. The topological polar surface area (TPSA) is 69.4 Å². The SMILES string of the molecule is CSc1nc2nc(C)c(CC(=O)O[C@H](c3cc(F)cc(F)c3)C(F)(F)F)c(C)n2n1. The number of aromatic nitrogens is 4. The molecule has 3 aromatic rings. The molecule has 0 amide bonds. The molecule has 6 nitrogen and oxygen atoms in total. The molecule has 0 bridgehead atoms. The van der Waals surface area contributed by atoms with E-state index in [4.69, 9.17) is 0 Å². The predicted molar refractivity (Wildman–Crippen MR) is 97.0 cm³/mol. The Kier molecular flexibility index (Phi) is 5.97. The van der Waals surface area contributed by atoms with E-state index in [0.717, 1.165) is 0 Å². The molecule has 0 N–H and O–H groups in total. The summed E-state index contributed by atoms with van der Waals surface area (Å²) in [5, 5.41) is 4.64. The van der Waals surface area contributed by atoms with E-state index in [-0.39, 0.29) is 5.78 Å². The van der Waals surface area contributed by atoms with Crippen molar-refractivity contribution < 1.29 is 31.5 Å². The lowest BCUT2D eigenvalue weighted by molar-refractivity contribution is -0.223. The Morgan fingerprint density at radius 3 is 2.37 bits per heavy atom. The summed E-state index contributed by atoms with van der Waals surface area (Å²) in [5.41, 5.74) is 0.299. The minimum absolute atomic E-state index is 0.287. The van der Waals surface area contributed by atoms with Crippen LogP contribution in [0.5, 0.6) is 0 Å². The molecule has 0 unspecified atom stereocenters. The molecule has 12 heteroatoms. The summed E-state index contributed by atoms with van der Waals surface area (Å²) in [5.74, 6) is -3.38. The normalized spacial score (nSPS) is 12.9. The average Bonchev–Trinajstić information content (AvgIpc) is 3.04. The second-order valence-corrected chi connectivity index (χ2v) is 7.14. The highest BCUT2D eigenvalue weighted by molar-refractivity contribution is 7.98. The fourth-order valence-electron chi connectivity index (χ4n) is 2.90. The minimum Gasteiger partial charge on any atom is -0.447 e. The number of alkyl halides is 3. The van der Waals surface area contributed by atoms with Gasteiger partial charge in [-0.05, 0) is 32.2 Å². The summed E-state index contributed by atoms with van der Waals surface area (Å²) in [4.78, 5) is 20.7. The summed E-state index contributed by atoms with van der Waals surface area (Å²) >= 11 is 1.28. The molecule has 0 aliphatic carbocycles. The highest BCUT2D eigenvalue weighted by atomic mass is 32.2. The summed E-state index contributed by atoms with van der Waals surface area (Å²) in [6, 6.07) is 1.36.